The monoisotopic (exact) mass is 278 g/mol. The fourth-order valence-electron chi connectivity index (χ4n) is 2.09. The predicted molar refractivity (Wildman–Crippen MR) is 77.0 cm³/mol. The van der Waals surface area contributed by atoms with E-state index in [2.05, 4.69) is 5.32 Å². The van der Waals surface area contributed by atoms with Crippen LogP contribution in [0.3, 0.4) is 0 Å². The van der Waals surface area contributed by atoms with Crippen molar-refractivity contribution in [2.45, 2.75) is 25.4 Å². The third-order valence-electron chi connectivity index (χ3n) is 3.57. The Morgan fingerprint density at radius 1 is 1.35 bits per heavy atom. The molecule has 1 aliphatic rings. The van der Waals surface area contributed by atoms with Gasteiger partial charge in [0.05, 0.1) is 20.8 Å². The van der Waals surface area contributed by atoms with Crippen LogP contribution in [0.15, 0.2) is 18.2 Å². The maximum Gasteiger partial charge on any atom is 0.236 e. The van der Waals surface area contributed by atoms with Crippen molar-refractivity contribution in [1.29, 1.82) is 0 Å². The zero-order valence-electron chi connectivity index (χ0n) is 12.3. The normalized spacial score (nSPS) is 13.9. The lowest BCUT2D eigenvalue weighted by Gasteiger charge is -2.17. The fourth-order valence-corrected chi connectivity index (χ4v) is 2.09. The summed E-state index contributed by atoms with van der Waals surface area (Å²) in [5.41, 5.74) is 1.01. The van der Waals surface area contributed by atoms with E-state index < -0.39 is 0 Å². The minimum atomic E-state index is 0.139. The molecule has 0 spiro atoms. The van der Waals surface area contributed by atoms with Crippen LogP contribution in [0.4, 0.5) is 0 Å². The smallest absolute Gasteiger partial charge is 0.236 e. The van der Waals surface area contributed by atoms with E-state index in [1.54, 1.807) is 14.2 Å². The van der Waals surface area contributed by atoms with Gasteiger partial charge in [0.1, 0.15) is 11.5 Å². The van der Waals surface area contributed by atoms with Crippen LogP contribution < -0.4 is 14.8 Å². The van der Waals surface area contributed by atoms with Crippen LogP contribution >= 0.6 is 0 Å². The highest BCUT2D eigenvalue weighted by atomic mass is 16.5. The summed E-state index contributed by atoms with van der Waals surface area (Å²) < 4.78 is 10.5. The molecule has 1 aromatic rings. The Kier molecular flexibility index (Phi) is 4.84. The van der Waals surface area contributed by atoms with E-state index in [1.807, 2.05) is 30.1 Å². The molecule has 20 heavy (non-hydrogen) atoms. The van der Waals surface area contributed by atoms with E-state index in [9.17, 15) is 4.79 Å². The van der Waals surface area contributed by atoms with E-state index in [0.717, 1.165) is 29.9 Å². The Labute approximate surface area is 119 Å². The molecule has 0 radical (unpaired) electrons. The van der Waals surface area contributed by atoms with Gasteiger partial charge in [-0.05, 0) is 18.9 Å². The van der Waals surface area contributed by atoms with Gasteiger partial charge in [-0.1, -0.05) is 6.07 Å². The quantitative estimate of drug-likeness (QED) is 0.819. The largest absolute Gasteiger partial charge is 0.497 e. The van der Waals surface area contributed by atoms with Crippen LogP contribution in [0.2, 0.25) is 0 Å². The second kappa shape index (κ2) is 6.61. The van der Waals surface area contributed by atoms with Crippen LogP contribution in [0.1, 0.15) is 18.4 Å². The summed E-state index contributed by atoms with van der Waals surface area (Å²) in [6.07, 6.45) is 2.27. The highest BCUT2D eigenvalue weighted by molar-refractivity contribution is 5.78. The first-order chi connectivity index (χ1) is 9.65. The van der Waals surface area contributed by atoms with Crippen molar-refractivity contribution in [2.24, 2.45) is 0 Å². The van der Waals surface area contributed by atoms with Crippen LogP contribution in [-0.2, 0) is 11.3 Å². The molecule has 1 saturated carbocycles. The van der Waals surface area contributed by atoms with E-state index >= 15 is 0 Å². The second-order valence-electron chi connectivity index (χ2n) is 5.02. The molecule has 0 unspecified atom stereocenters. The zero-order chi connectivity index (χ0) is 14.5. The lowest BCUT2D eigenvalue weighted by Crippen LogP contribution is -2.36. The van der Waals surface area contributed by atoms with Crippen molar-refractivity contribution in [3.8, 4) is 11.5 Å². The molecule has 110 valence electrons. The molecule has 1 aromatic carbocycles. The summed E-state index contributed by atoms with van der Waals surface area (Å²) in [4.78, 5) is 13.7. The molecule has 5 heteroatoms. The number of methoxy groups -OCH3 is 2. The highest BCUT2D eigenvalue weighted by Crippen LogP contribution is 2.25. The lowest BCUT2D eigenvalue weighted by atomic mass is 10.2. The molecule has 1 aliphatic carbocycles. The van der Waals surface area contributed by atoms with Crippen LogP contribution in [-0.4, -0.2) is 44.7 Å². The number of likely N-dealkylation sites (N-methyl/N-ethyl adjacent to an activating group) is 1. The Morgan fingerprint density at radius 3 is 2.70 bits per heavy atom. The number of hydrogen-bond acceptors (Lipinski definition) is 4. The van der Waals surface area contributed by atoms with Gasteiger partial charge in [-0.15, -0.1) is 0 Å². The van der Waals surface area contributed by atoms with Crippen molar-refractivity contribution in [3.05, 3.63) is 23.8 Å². The van der Waals surface area contributed by atoms with Crippen LogP contribution in [0.5, 0.6) is 11.5 Å². The Morgan fingerprint density at radius 2 is 2.10 bits per heavy atom. The summed E-state index contributed by atoms with van der Waals surface area (Å²) in [6, 6.07) is 6.13. The van der Waals surface area contributed by atoms with Gasteiger partial charge >= 0.3 is 0 Å². The van der Waals surface area contributed by atoms with E-state index in [1.165, 1.54) is 0 Å². The summed E-state index contributed by atoms with van der Waals surface area (Å²) in [7, 11) is 5.12. The van der Waals surface area contributed by atoms with Gasteiger partial charge in [-0.25, -0.2) is 0 Å². The van der Waals surface area contributed by atoms with Gasteiger partial charge in [0.15, 0.2) is 0 Å². The minimum absolute atomic E-state index is 0.139. The molecule has 0 atom stereocenters. The molecular formula is C15H22N2O3. The molecule has 0 aromatic heterocycles. The molecule has 1 N–H and O–H groups in total. The fraction of sp³-hybridized carbons (Fsp3) is 0.533. The summed E-state index contributed by atoms with van der Waals surface area (Å²) >= 11 is 0. The molecule has 2 rings (SSSR count). The molecule has 1 fully saturated rings. The van der Waals surface area contributed by atoms with Crippen LogP contribution in [0.25, 0.3) is 0 Å². The van der Waals surface area contributed by atoms with Crippen molar-refractivity contribution < 1.29 is 14.3 Å². The molecule has 1 amide bonds. The van der Waals surface area contributed by atoms with Gasteiger partial charge in [-0.2, -0.15) is 0 Å². The number of carbonyl (C=O) groups excluding carboxylic acids is 1. The second-order valence-corrected chi connectivity index (χ2v) is 5.02. The standard InChI is InChI=1S/C15H22N2O3/c1-17(12-5-6-12)15(18)10-16-9-11-4-7-13(19-2)8-14(11)20-3/h4,7-8,12,16H,5-6,9-10H2,1-3H3. The number of hydrogen-bond donors (Lipinski definition) is 1. The third kappa shape index (κ3) is 3.63. The Hall–Kier alpha value is -1.75. The van der Waals surface area contributed by atoms with E-state index in [4.69, 9.17) is 9.47 Å². The van der Waals surface area contributed by atoms with Crippen LogP contribution in [0, 0.1) is 0 Å². The predicted octanol–water partition coefficient (Wildman–Crippen LogP) is 1.41. The summed E-state index contributed by atoms with van der Waals surface area (Å²) in [6.45, 7) is 0.944. The minimum Gasteiger partial charge on any atom is -0.497 e. The van der Waals surface area contributed by atoms with E-state index in [-0.39, 0.29) is 5.91 Å². The van der Waals surface area contributed by atoms with Gasteiger partial charge in [-0.3, -0.25) is 4.79 Å². The molecular weight excluding hydrogens is 256 g/mol. The average molecular weight is 278 g/mol. The van der Waals surface area contributed by atoms with Gasteiger partial charge in [0.2, 0.25) is 5.91 Å². The lowest BCUT2D eigenvalue weighted by molar-refractivity contribution is -0.129. The van der Waals surface area contributed by atoms with Gasteiger partial charge in [0.25, 0.3) is 0 Å². The highest BCUT2D eigenvalue weighted by Gasteiger charge is 2.29. The SMILES string of the molecule is COc1ccc(CNCC(=O)N(C)C2CC2)c(OC)c1. The van der Waals surface area contributed by atoms with Crippen molar-refractivity contribution >= 4 is 5.91 Å². The number of ether oxygens (including phenoxy) is 2. The zero-order valence-corrected chi connectivity index (χ0v) is 12.3. The number of rotatable bonds is 7. The maximum absolute atomic E-state index is 11.9. The Balaban J connectivity index is 1.85. The van der Waals surface area contributed by atoms with Gasteiger partial charge in [0, 0.05) is 31.3 Å². The maximum atomic E-state index is 11.9. The molecule has 0 heterocycles. The third-order valence-corrected chi connectivity index (χ3v) is 3.57. The number of nitrogens with one attached hydrogen (secondary N) is 1. The number of benzene rings is 1. The van der Waals surface area contributed by atoms with E-state index in [0.29, 0.717) is 19.1 Å². The van der Waals surface area contributed by atoms with Gasteiger partial charge < -0.3 is 19.7 Å². The van der Waals surface area contributed by atoms with Crippen molar-refractivity contribution in [1.82, 2.24) is 10.2 Å². The first-order valence-electron chi connectivity index (χ1n) is 6.83. The Bertz CT molecular complexity index is 472. The average Bonchev–Trinajstić information content (AvgIpc) is 3.31. The molecule has 0 bridgehead atoms. The topological polar surface area (TPSA) is 50.8 Å². The summed E-state index contributed by atoms with van der Waals surface area (Å²) in [5.74, 6) is 1.66. The number of nitrogens with zero attached hydrogens (tertiary/aromatic N) is 1. The van der Waals surface area contributed by atoms with Crippen molar-refractivity contribution in [3.63, 3.8) is 0 Å². The first kappa shape index (κ1) is 14.7. The van der Waals surface area contributed by atoms with Crippen molar-refractivity contribution in [2.75, 3.05) is 27.8 Å². The number of carbonyl (C=O) groups is 1. The molecule has 5 nitrogen and oxygen atoms in total. The number of amides is 1. The summed E-state index contributed by atoms with van der Waals surface area (Å²) in [5, 5.41) is 3.17. The first-order valence-corrected chi connectivity index (χ1v) is 6.83. The molecule has 0 aliphatic heterocycles. The molecule has 0 saturated heterocycles.